The first-order valence-corrected chi connectivity index (χ1v) is 4.58. The van der Waals surface area contributed by atoms with Gasteiger partial charge in [-0.3, -0.25) is 4.79 Å². The summed E-state index contributed by atoms with van der Waals surface area (Å²) in [4.78, 5) is 11.7. The van der Waals surface area contributed by atoms with Gasteiger partial charge in [0.15, 0.2) is 0 Å². The average molecular weight is 213 g/mol. The number of nitrogens with zero attached hydrogens (tertiary/aromatic N) is 2. The second-order valence-corrected chi connectivity index (χ2v) is 3.07. The van der Waals surface area contributed by atoms with Gasteiger partial charge >= 0.3 is 0 Å². The highest BCUT2D eigenvalue weighted by Gasteiger charge is 2.20. The van der Waals surface area contributed by atoms with Crippen LogP contribution >= 0.6 is 0 Å². The van der Waals surface area contributed by atoms with E-state index in [0.717, 1.165) is 0 Å². The summed E-state index contributed by atoms with van der Waals surface area (Å²) in [7, 11) is 3.19. The first-order valence-electron chi connectivity index (χ1n) is 4.58. The largest absolute Gasteiger partial charge is 0.481 e. The lowest BCUT2D eigenvalue weighted by atomic mass is 10.2. The Morgan fingerprint density at radius 2 is 2.33 bits per heavy atom. The van der Waals surface area contributed by atoms with Crippen LogP contribution in [0.1, 0.15) is 16.1 Å². The monoisotopic (exact) mass is 213 g/mol. The molecule has 0 aliphatic heterocycles. The van der Waals surface area contributed by atoms with E-state index in [2.05, 4.69) is 10.4 Å². The smallest absolute Gasteiger partial charge is 0.258 e. The molecule has 84 valence electrons. The van der Waals surface area contributed by atoms with Crippen molar-refractivity contribution >= 4 is 5.91 Å². The van der Waals surface area contributed by atoms with Crippen molar-refractivity contribution in [1.29, 1.82) is 0 Å². The Hall–Kier alpha value is -1.56. The quantitative estimate of drug-likeness (QED) is 0.704. The number of aliphatic hydroxyl groups is 1. The predicted octanol–water partition coefficient (Wildman–Crippen LogP) is -0.541. The maximum Gasteiger partial charge on any atom is 0.258 e. The molecular formula is C9H15N3O3. The number of aromatic nitrogens is 2. The van der Waals surface area contributed by atoms with E-state index in [1.807, 2.05) is 0 Å². The first-order chi connectivity index (χ1) is 7.11. The van der Waals surface area contributed by atoms with E-state index in [4.69, 9.17) is 9.84 Å². The number of rotatable bonds is 4. The molecule has 0 saturated heterocycles. The van der Waals surface area contributed by atoms with Gasteiger partial charge in [0.1, 0.15) is 5.56 Å². The number of hydrogen-bond acceptors (Lipinski definition) is 4. The van der Waals surface area contributed by atoms with Gasteiger partial charge in [-0.05, 0) is 6.92 Å². The van der Waals surface area contributed by atoms with Crippen LogP contribution in [0.2, 0.25) is 0 Å². The third-order valence-electron chi connectivity index (χ3n) is 1.99. The molecule has 2 N–H and O–H groups in total. The van der Waals surface area contributed by atoms with Crippen molar-refractivity contribution in [1.82, 2.24) is 15.1 Å². The van der Waals surface area contributed by atoms with Crippen LogP contribution in [0.4, 0.5) is 0 Å². The minimum absolute atomic E-state index is 0.0899. The molecule has 1 heterocycles. The van der Waals surface area contributed by atoms with Gasteiger partial charge in [-0.1, -0.05) is 0 Å². The van der Waals surface area contributed by atoms with Crippen molar-refractivity contribution in [2.45, 2.75) is 6.92 Å². The minimum Gasteiger partial charge on any atom is -0.481 e. The van der Waals surface area contributed by atoms with Crippen LogP contribution in [0, 0.1) is 6.92 Å². The van der Waals surface area contributed by atoms with Crippen LogP contribution in [0.5, 0.6) is 5.88 Å². The lowest BCUT2D eigenvalue weighted by Crippen LogP contribution is -2.27. The van der Waals surface area contributed by atoms with Gasteiger partial charge in [-0.25, -0.2) is 4.68 Å². The van der Waals surface area contributed by atoms with Crippen molar-refractivity contribution in [3.8, 4) is 5.88 Å². The van der Waals surface area contributed by atoms with E-state index in [9.17, 15) is 4.79 Å². The fourth-order valence-corrected chi connectivity index (χ4v) is 1.39. The normalized spacial score (nSPS) is 10.1. The number of methoxy groups -OCH3 is 1. The molecule has 0 unspecified atom stereocenters. The summed E-state index contributed by atoms with van der Waals surface area (Å²) in [6.45, 7) is 1.86. The zero-order chi connectivity index (χ0) is 11.4. The second-order valence-electron chi connectivity index (χ2n) is 3.07. The number of ether oxygens (including phenoxy) is 1. The Morgan fingerprint density at radius 1 is 1.67 bits per heavy atom. The summed E-state index contributed by atoms with van der Waals surface area (Å²) in [5.74, 6) is 0.134. The van der Waals surface area contributed by atoms with E-state index < -0.39 is 0 Å². The number of hydrogen-bond donors (Lipinski definition) is 2. The van der Waals surface area contributed by atoms with Gasteiger partial charge in [-0.15, -0.1) is 0 Å². The molecule has 6 heteroatoms. The summed E-state index contributed by atoms with van der Waals surface area (Å²) in [5, 5.41) is 15.2. The molecule has 0 saturated carbocycles. The Bertz CT molecular complexity index is 360. The molecule has 1 rings (SSSR count). The van der Waals surface area contributed by atoms with Gasteiger partial charge in [0.25, 0.3) is 5.91 Å². The molecule has 0 aliphatic rings. The third-order valence-corrected chi connectivity index (χ3v) is 1.99. The highest BCUT2D eigenvalue weighted by atomic mass is 16.5. The van der Waals surface area contributed by atoms with Gasteiger partial charge in [0.2, 0.25) is 5.88 Å². The molecule has 0 aromatic carbocycles. The van der Waals surface area contributed by atoms with Gasteiger partial charge in [0, 0.05) is 13.6 Å². The number of carbonyl (C=O) groups excluding carboxylic acids is 1. The van der Waals surface area contributed by atoms with E-state index in [0.29, 0.717) is 17.1 Å². The standard InChI is InChI=1S/C9H15N3O3/c1-6-7(8(14)10-4-5-13)9(15-3)12(2)11-6/h13H,4-5H2,1-3H3,(H,10,14). The van der Waals surface area contributed by atoms with Crippen LogP contribution in [-0.4, -0.2) is 41.1 Å². The van der Waals surface area contributed by atoms with Gasteiger partial charge in [0.05, 0.1) is 19.4 Å². The summed E-state index contributed by atoms with van der Waals surface area (Å²) in [5.41, 5.74) is 1.01. The fourth-order valence-electron chi connectivity index (χ4n) is 1.39. The van der Waals surface area contributed by atoms with Crippen LogP contribution in [-0.2, 0) is 7.05 Å². The summed E-state index contributed by atoms with van der Waals surface area (Å²) >= 11 is 0. The Kier molecular flexibility index (Phi) is 3.68. The van der Waals surface area contributed by atoms with Crippen molar-refractivity contribution in [3.63, 3.8) is 0 Å². The highest BCUT2D eigenvalue weighted by molar-refractivity contribution is 5.97. The van der Waals surface area contributed by atoms with Crippen LogP contribution in [0.3, 0.4) is 0 Å². The molecular weight excluding hydrogens is 198 g/mol. The second kappa shape index (κ2) is 4.79. The number of aryl methyl sites for hydroxylation is 2. The molecule has 0 atom stereocenters. The topological polar surface area (TPSA) is 76.4 Å². The summed E-state index contributed by atoms with van der Waals surface area (Å²) in [6.07, 6.45) is 0. The van der Waals surface area contributed by atoms with Crippen LogP contribution < -0.4 is 10.1 Å². The lowest BCUT2D eigenvalue weighted by molar-refractivity contribution is 0.0940. The average Bonchev–Trinajstić information content (AvgIpc) is 2.49. The molecule has 1 aromatic rings. The molecule has 0 fully saturated rings. The van der Waals surface area contributed by atoms with E-state index in [1.54, 1.807) is 14.0 Å². The molecule has 0 radical (unpaired) electrons. The van der Waals surface area contributed by atoms with Crippen molar-refractivity contribution in [2.75, 3.05) is 20.3 Å². The van der Waals surface area contributed by atoms with Crippen molar-refractivity contribution in [2.24, 2.45) is 7.05 Å². The maximum absolute atomic E-state index is 11.7. The highest BCUT2D eigenvalue weighted by Crippen LogP contribution is 2.20. The molecule has 0 spiro atoms. The minimum atomic E-state index is -0.286. The molecule has 6 nitrogen and oxygen atoms in total. The first kappa shape index (κ1) is 11.5. The number of carbonyl (C=O) groups is 1. The van der Waals surface area contributed by atoms with Crippen LogP contribution in [0.15, 0.2) is 0 Å². The molecule has 1 aromatic heterocycles. The van der Waals surface area contributed by atoms with E-state index in [-0.39, 0.29) is 19.1 Å². The Balaban J connectivity index is 2.96. The predicted molar refractivity (Wildman–Crippen MR) is 53.9 cm³/mol. The summed E-state index contributed by atoms with van der Waals surface area (Å²) in [6, 6.07) is 0. The summed E-state index contributed by atoms with van der Waals surface area (Å²) < 4.78 is 6.58. The number of nitrogens with one attached hydrogen (secondary N) is 1. The fraction of sp³-hybridized carbons (Fsp3) is 0.556. The number of amides is 1. The Morgan fingerprint density at radius 3 is 2.87 bits per heavy atom. The zero-order valence-corrected chi connectivity index (χ0v) is 9.07. The SMILES string of the molecule is COc1c(C(=O)NCCO)c(C)nn1C. The van der Waals surface area contributed by atoms with E-state index >= 15 is 0 Å². The van der Waals surface area contributed by atoms with Gasteiger partial charge in [-0.2, -0.15) is 5.10 Å². The maximum atomic E-state index is 11.7. The lowest BCUT2D eigenvalue weighted by Gasteiger charge is -2.05. The van der Waals surface area contributed by atoms with Crippen LogP contribution in [0.25, 0.3) is 0 Å². The van der Waals surface area contributed by atoms with Crippen molar-refractivity contribution < 1.29 is 14.6 Å². The molecule has 0 bridgehead atoms. The number of aliphatic hydroxyl groups excluding tert-OH is 1. The van der Waals surface area contributed by atoms with Crippen molar-refractivity contribution in [3.05, 3.63) is 11.3 Å². The third kappa shape index (κ3) is 2.27. The van der Waals surface area contributed by atoms with Gasteiger partial charge < -0.3 is 15.2 Å². The molecule has 1 amide bonds. The van der Waals surface area contributed by atoms with E-state index in [1.165, 1.54) is 11.8 Å². The Labute approximate surface area is 87.8 Å². The molecule has 0 aliphatic carbocycles. The molecule has 15 heavy (non-hydrogen) atoms. The zero-order valence-electron chi connectivity index (χ0n) is 9.07.